The number of hydrogen-bond donors (Lipinski definition) is 1. The summed E-state index contributed by atoms with van der Waals surface area (Å²) in [6.07, 6.45) is 1.96. The minimum Gasteiger partial charge on any atom is -0.365 e. The zero-order chi connectivity index (χ0) is 8.43. The van der Waals surface area contributed by atoms with E-state index in [1.807, 2.05) is 13.8 Å². The van der Waals surface area contributed by atoms with Crippen molar-refractivity contribution in [2.75, 3.05) is 0 Å². The third kappa shape index (κ3) is 1.54. The molecular formula is C8H11NO2. The largest absolute Gasteiger partial charge is 0.365 e. The van der Waals surface area contributed by atoms with Crippen molar-refractivity contribution in [3.8, 4) is 0 Å². The highest BCUT2D eigenvalue weighted by molar-refractivity contribution is 6.04. The third-order valence-corrected chi connectivity index (χ3v) is 1.62. The number of dihydropyridines is 1. The van der Waals surface area contributed by atoms with Crippen LogP contribution in [0.15, 0.2) is 16.6 Å². The first-order valence-corrected chi connectivity index (χ1v) is 3.58. The molecule has 0 aromatic rings. The topological polar surface area (TPSA) is 49.7 Å². The van der Waals surface area contributed by atoms with Gasteiger partial charge in [-0.15, -0.1) is 0 Å². The summed E-state index contributed by atoms with van der Waals surface area (Å²) in [5.74, 6) is -0.119. The zero-order valence-corrected chi connectivity index (χ0v) is 6.61. The highest BCUT2D eigenvalue weighted by Gasteiger charge is 2.22. The summed E-state index contributed by atoms with van der Waals surface area (Å²) in [5.41, 5.74) is 0.646. The second kappa shape index (κ2) is 2.96. The Morgan fingerprint density at radius 1 is 1.64 bits per heavy atom. The van der Waals surface area contributed by atoms with Crippen molar-refractivity contribution in [3.05, 3.63) is 11.6 Å². The summed E-state index contributed by atoms with van der Waals surface area (Å²) in [6, 6.07) is 0. The van der Waals surface area contributed by atoms with E-state index in [4.69, 9.17) is 5.11 Å². The molecule has 1 N–H and O–H groups in total. The molecule has 1 aliphatic rings. The molecule has 11 heavy (non-hydrogen) atoms. The normalized spacial score (nSPS) is 24.2. The van der Waals surface area contributed by atoms with Gasteiger partial charge in [-0.25, -0.2) is 0 Å². The molecular weight excluding hydrogens is 142 g/mol. The summed E-state index contributed by atoms with van der Waals surface area (Å²) >= 11 is 0. The van der Waals surface area contributed by atoms with Gasteiger partial charge in [-0.3, -0.25) is 9.79 Å². The molecule has 60 valence electrons. The van der Waals surface area contributed by atoms with E-state index < -0.39 is 6.23 Å². The van der Waals surface area contributed by atoms with Crippen LogP contribution in [0.1, 0.15) is 13.8 Å². The fourth-order valence-electron chi connectivity index (χ4n) is 0.981. The number of aliphatic hydroxyl groups is 1. The summed E-state index contributed by atoms with van der Waals surface area (Å²) < 4.78 is 0. The molecule has 1 rings (SSSR count). The first-order valence-electron chi connectivity index (χ1n) is 3.58. The fraction of sp³-hybridized carbons (Fsp3) is 0.500. The van der Waals surface area contributed by atoms with Gasteiger partial charge < -0.3 is 5.11 Å². The van der Waals surface area contributed by atoms with E-state index in [-0.39, 0.29) is 11.7 Å². The summed E-state index contributed by atoms with van der Waals surface area (Å²) in [5, 5.41) is 9.01. The highest BCUT2D eigenvalue weighted by atomic mass is 16.3. The van der Waals surface area contributed by atoms with Gasteiger partial charge in [0.05, 0.1) is 0 Å². The Balaban J connectivity index is 2.87. The molecule has 0 spiro atoms. The summed E-state index contributed by atoms with van der Waals surface area (Å²) in [4.78, 5) is 14.7. The third-order valence-electron chi connectivity index (χ3n) is 1.62. The number of ketones is 1. The second-order valence-electron chi connectivity index (χ2n) is 2.81. The van der Waals surface area contributed by atoms with Crippen molar-refractivity contribution in [2.45, 2.75) is 20.1 Å². The van der Waals surface area contributed by atoms with Crippen LogP contribution in [0.3, 0.4) is 0 Å². The van der Waals surface area contributed by atoms with Crippen molar-refractivity contribution in [1.82, 2.24) is 0 Å². The van der Waals surface area contributed by atoms with Gasteiger partial charge in [-0.2, -0.15) is 0 Å². The highest BCUT2D eigenvalue weighted by Crippen LogP contribution is 2.14. The number of carbonyl (C=O) groups excluding carboxylic acids is 1. The van der Waals surface area contributed by atoms with Crippen molar-refractivity contribution < 1.29 is 9.90 Å². The number of carbonyl (C=O) groups is 1. The fourth-order valence-corrected chi connectivity index (χ4v) is 0.981. The molecule has 0 bridgehead atoms. The van der Waals surface area contributed by atoms with E-state index in [1.165, 1.54) is 6.21 Å². The predicted molar refractivity (Wildman–Crippen MR) is 42.4 cm³/mol. The predicted octanol–water partition coefficient (Wildman–Crippen LogP) is 0.541. The van der Waals surface area contributed by atoms with Crippen LogP contribution in [-0.2, 0) is 4.79 Å². The van der Waals surface area contributed by atoms with Crippen LogP contribution < -0.4 is 0 Å². The molecule has 0 fully saturated rings. The van der Waals surface area contributed by atoms with Gasteiger partial charge in [0, 0.05) is 11.8 Å². The first-order chi connectivity index (χ1) is 5.13. The van der Waals surface area contributed by atoms with E-state index in [1.54, 1.807) is 6.08 Å². The SMILES string of the molecule is CC(C)C1=CC=NC(O)C1=O. The smallest absolute Gasteiger partial charge is 0.210 e. The molecule has 1 heterocycles. The lowest BCUT2D eigenvalue weighted by atomic mass is 9.97. The van der Waals surface area contributed by atoms with Crippen LogP contribution in [0.2, 0.25) is 0 Å². The Kier molecular flexibility index (Phi) is 2.19. The Morgan fingerprint density at radius 2 is 2.27 bits per heavy atom. The molecule has 0 radical (unpaired) electrons. The lowest BCUT2D eigenvalue weighted by Crippen LogP contribution is -2.25. The van der Waals surface area contributed by atoms with E-state index in [0.29, 0.717) is 5.57 Å². The second-order valence-corrected chi connectivity index (χ2v) is 2.81. The number of rotatable bonds is 1. The van der Waals surface area contributed by atoms with Gasteiger partial charge in [0.25, 0.3) is 0 Å². The number of aliphatic hydroxyl groups excluding tert-OH is 1. The van der Waals surface area contributed by atoms with Gasteiger partial charge in [0.2, 0.25) is 12.0 Å². The molecule has 0 aromatic carbocycles. The molecule has 1 unspecified atom stereocenters. The lowest BCUT2D eigenvalue weighted by Gasteiger charge is -2.14. The Bertz CT molecular complexity index is 228. The summed E-state index contributed by atoms with van der Waals surface area (Å²) in [7, 11) is 0. The van der Waals surface area contributed by atoms with Crippen LogP contribution >= 0.6 is 0 Å². The van der Waals surface area contributed by atoms with Crippen LogP contribution in [0.5, 0.6) is 0 Å². The average molecular weight is 153 g/mol. The summed E-state index contributed by atoms with van der Waals surface area (Å²) in [6.45, 7) is 3.82. The number of hydrogen-bond acceptors (Lipinski definition) is 3. The monoisotopic (exact) mass is 153 g/mol. The van der Waals surface area contributed by atoms with E-state index in [9.17, 15) is 4.79 Å². The maximum absolute atomic E-state index is 11.1. The molecule has 0 aromatic heterocycles. The molecule has 3 nitrogen and oxygen atoms in total. The van der Waals surface area contributed by atoms with E-state index >= 15 is 0 Å². The van der Waals surface area contributed by atoms with Crippen LogP contribution in [-0.4, -0.2) is 23.3 Å². The standard InChI is InChI=1S/C8H11NO2/c1-5(2)6-3-4-9-8(11)7(6)10/h3-5,8,11H,1-2H3. The van der Waals surface area contributed by atoms with Gasteiger partial charge in [-0.05, 0) is 12.0 Å². The maximum atomic E-state index is 11.1. The maximum Gasteiger partial charge on any atom is 0.210 e. The van der Waals surface area contributed by atoms with Crippen LogP contribution in [0, 0.1) is 5.92 Å². The minimum atomic E-state index is -1.17. The molecule has 0 saturated carbocycles. The molecule has 0 saturated heterocycles. The van der Waals surface area contributed by atoms with E-state index in [0.717, 1.165) is 0 Å². The van der Waals surface area contributed by atoms with Gasteiger partial charge in [0.15, 0.2) is 0 Å². The van der Waals surface area contributed by atoms with Gasteiger partial charge in [-0.1, -0.05) is 13.8 Å². The zero-order valence-electron chi connectivity index (χ0n) is 6.61. The van der Waals surface area contributed by atoms with E-state index in [2.05, 4.69) is 4.99 Å². The molecule has 1 atom stereocenters. The number of allylic oxidation sites excluding steroid dienone is 1. The minimum absolute atomic E-state index is 0.156. The number of aliphatic imine (C=N–C) groups is 1. The molecule has 1 aliphatic heterocycles. The van der Waals surface area contributed by atoms with Gasteiger partial charge in [0.1, 0.15) is 0 Å². The Hall–Kier alpha value is -0.960. The number of Topliss-reactive ketones (excluding diaryl/α,β-unsaturated/α-hetero) is 1. The average Bonchev–Trinajstić information content (AvgIpc) is 1.94. The van der Waals surface area contributed by atoms with Crippen LogP contribution in [0.4, 0.5) is 0 Å². The van der Waals surface area contributed by atoms with Crippen molar-refractivity contribution >= 4 is 12.0 Å². The first kappa shape index (κ1) is 8.14. The van der Waals surface area contributed by atoms with Crippen molar-refractivity contribution in [3.63, 3.8) is 0 Å². The van der Waals surface area contributed by atoms with Crippen LogP contribution in [0.25, 0.3) is 0 Å². The van der Waals surface area contributed by atoms with Crippen molar-refractivity contribution in [2.24, 2.45) is 10.9 Å². The quantitative estimate of drug-likeness (QED) is 0.597. The molecule has 0 amide bonds. The molecule has 0 aliphatic carbocycles. The van der Waals surface area contributed by atoms with Crippen molar-refractivity contribution in [1.29, 1.82) is 0 Å². The Morgan fingerprint density at radius 3 is 2.73 bits per heavy atom. The Labute approximate surface area is 65.4 Å². The lowest BCUT2D eigenvalue weighted by molar-refractivity contribution is -0.123. The van der Waals surface area contributed by atoms with Gasteiger partial charge >= 0.3 is 0 Å². The molecule has 3 heteroatoms. The number of nitrogens with zero attached hydrogens (tertiary/aromatic N) is 1.